The molecule has 0 radical (unpaired) electrons. The maximum absolute atomic E-state index is 12.2. The second-order valence-electron chi connectivity index (χ2n) is 6.67. The van der Waals surface area contributed by atoms with Crippen LogP contribution in [0.4, 0.5) is 0 Å². The third-order valence-electron chi connectivity index (χ3n) is 3.61. The summed E-state index contributed by atoms with van der Waals surface area (Å²) in [7, 11) is 1.73. The van der Waals surface area contributed by atoms with E-state index in [0.29, 0.717) is 24.2 Å². The molecule has 0 aromatic carbocycles. The van der Waals surface area contributed by atoms with Gasteiger partial charge in [-0.05, 0) is 33.6 Å². The van der Waals surface area contributed by atoms with E-state index in [2.05, 4.69) is 10.4 Å². The standard InChI is InChI=1S/C15H24N4O4/c1-15(2,3)23-14(21)10-8-17-18(4)12(10)9-16-11-6-5-7-19(22)13(11)20/h8,11,16,22H,5-7,9H2,1-4H3. The van der Waals surface area contributed by atoms with E-state index in [9.17, 15) is 14.8 Å². The van der Waals surface area contributed by atoms with Crippen LogP contribution in [0.5, 0.6) is 0 Å². The molecule has 2 N–H and O–H groups in total. The van der Waals surface area contributed by atoms with Crippen LogP contribution < -0.4 is 5.32 Å². The fourth-order valence-corrected chi connectivity index (χ4v) is 2.44. The summed E-state index contributed by atoms with van der Waals surface area (Å²) in [6.45, 7) is 6.04. The molecule has 0 bridgehead atoms. The van der Waals surface area contributed by atoms with Crippen molar-refractivity contribution in [2.45, 2.75) is 51.8 Å². The molecule has 1 atom stereocenters. The van der Waals surface area contributed by atoms with Gasteiger partial charge in [0.2, 0.25) is 0 Å². The van der Waals surface area contributed by atoms with Crippen LogP contribution in [-0.4, -0.2) is 50.1 Å². The average molecular weight is 324 g/mol. The Morgan fingerprint density at radius 1 is 1.52 bits per heavy atom. The van der Waals surface area contributed by atoms with E-state index in [1.165, 1.54) is 6.20 Å². The van der Waals surface area contributed by atoms with E-state index in [1.54, 1.807) is 32.5 Å². The molecule has 1 fully saturated rings. The van der Waals surface area contributed by atoms with E-state index >= 15 is 0 Å². The lowest BCUT2D eigenvalue weighted by atomic mass is 10.1. The smallest absolute Gasteiger partial charge is 0.342 e. The Morgan fingerprint density at radius 3 is 2.87 bits per heavy atom. The summed E-state index contributed by atoms with van der Waals surface area (Å²) in [5.41, 5.74) is 0.426. The van der Waals surface area contributed by atoms with E-state index in [-0.39, 0.29) is 12.5 Å². The average Bonchev–Trinajstić information content (AvgIpc) is 2.80. The first kappa shape index (κ1) is 17.4. The van der Waals surface area contributed by atoms with Gasteiger partial charge in [0, 0.05) is 20.1 Å². The molecule has 1 aromatic heterocycles. The summed E-state index contributed by atoms with van der Waals surface area (Å²) >= 11 is 0. The van der Waals surface area contributed by atoms with E-state index in [1.807, 2.05) is 0 Å². The summed E-state index contributed by atoms with van der Waals surface area (Å²) < 4.78 is 6.95. The van der Waals surface area contributed by atoms with Crippen LogP contribution in [0, 0.1) is 0 Å². The fraction of sp³-hybridized carbons (Fsp3) is 0.667. The number of hydroxylamine groups is 2. The molecule has 2 rings (SSSR count). The van der Waals surface area contributed by atoms with Crippen molar-refractivity contribution in [3.8, 4) is 0 Å². The maximum atomic E-state index is 12.2. The molecule has 0 spiro atoms. The van der Waals surface area contributed by atoms with Gasteiger partial charge in [-0.2, -0.15) is 5.10 Å². The van der Waals surface area contributed by atoms with Crippen LogP contribution in [0.2, 0.25) is 0 Å². The second kappa shape index (κ2) is 6.67. The van der Waals surface area contributed by atoms with Crippen LogP contribution in [0.1, 0.15) is 49.7 Å². The summed E-state index contributed by atoms with van der Waals surface area (Å²) in [5.74, 6) is -0.793. The number of aromatic nitrogens is 2. The number of carbonyl (C=O) groups is 2. The summed E-state index contributed by atoms with van der Waals surface area (Å²) in [4.78, 5) is 24.1. The van der Waals surface area contributed by atoms with Crippen molar-refractivity contribution >= 4 is 11.9 Å². The first-order chi connectivity index (χ1) is 10.7. The molecular formula is C15H24N4O4. The predicted molar refractivity (Wildman–Crippen MR) is 81.7 cm³/mol. The SMILES string of the molecule is Cn1ncc(C(=O)OC(C)(C)C)c1CNC1CCCN(O)C1=O. The minimum Gasteiger partial charge on any atom is -0.456 e. The van der Waals surface area contributed by atoms with Crippen molar-refractivity contribution in [3.63, 3.8) is 0 Å². The van der Waals surface area contributed by atoms with Gasteiger partial charge in [0.05, 0.1) is 17.9 Å². The highest BCUT2D eigenvalue weighted by molar-refractivity contribution is 5.90. The highest BCUT2D eigenvalue weighted by Gasteiger charge is 2.29. The first-order valence-corrected chi connectivity index (χ1v) is 7.67. The highest BCUT2D eigenvalue weighted by atomic mass is 16.6. The molecule has 0 saturated carbocycles. The summed E-state index contributed by atoms with van der Waals surface area (Å²) in [6, 6.07) is -0.463. The Bertz CT molecular complexity index is 591. The van der Waals surface area contributed by atoms with E-state index in [4.69, 9.17) is 4.74 Å². The fourth-order valence-electron chi connectivity index (χ4n) is 2.44. The lowest BCUT2D eigenvalue weighted by Gasteiger charge is -2.28. The van der Waals surface area contributed by atoms with Gasteiger partial charge in [0.15, 0.2) is 0 Å². The topological polar surface area (TPSA) is 96.7 Å². The number of hydrogen-bond acceptors (Lipinski definition) is 6. The number of amides is 1. The molecule has 1 aliphatic heterocycles. The molecule has 8 nitrogen and oxygen atoms in total. The second-order valence-corrected chi connectivity index (χ2v) is 6.67. The zero-order valence-electron chi connectivity index (χ0n) is 14.0. The van der Waals surface area contributed by atoms with Crippen LogP contribution in [-0.2, 0) is 23.1 Å². The van der Waals surface area contributed by atoms with Crippen molar-refractivity contribution in [3.05, 3.63) is 17.5 Å². The molecule has 1 saturated heterocycles. The molecule has 1 unspecified atom stereocenters. The Morgan fingerprint density at radius 2 is 2.22 bits per heavy atom. The normalized spacial score (nSPS) is 19.1. The van der Waals surface area contributed by atoms with Gasteiger partial charge >= 0.3 is 5.97 Å². The maximum Gasteiger partial charge on any atom is 0.342 e. The Hall–Kier alpha value is -1.93. The number of esters is 1. The molecule has 2 heterocycles. The third kappa shape index (κ3) is 4.29. The van der Waals surface area contributed by atoms with E-state index < -0.39 is 17.6 Å². The van der Waals surface area contributed by atoms with Crippen LogP contribution in [0.25, 0.3) is 0 Å². The van der Waals surface area contributed by atoms with Crippen molar-refractivity contribution < 1.29 is 19.5 Å². The zero-order chi connectivity index (χ0) is 17.2. The molecule has 1 aromatic rings. The first-order valence-electron chi connectivity index (χ1n) is 7.67. The molecule has 128 valence electrons. The van der Waals surface area contributed by atoms with Crippen molar-refractivity contribution in [2.24, 2.45) is 7.05 Å². The molecular weight excluding hydrogens is 300 g/mol. The number of rotatable bonds is 4. The van der Waals surface area contributed by atoms with Crippen molar-refractivity contribution in [1.82, 2.24) is 20.2 Å². The van der Waals surface area contributed by atoms with Crippen LogP contribution in [0.15, 0.2) is 6.20 Å². The molecule has 23 heavy (non-hydrogen) atoms. The van der Waals surface area contributed by atoms with Crippen molar-refractivity contribution in [1.29, 1.82) is 0 Å². The third-order valence-corrected chi connectivity index (χ3v) is 3.61. The number of carbonyl (C=O) groups excluding carboxylic acids is 2. The predicted octanol–water partition coefficient (Wildman–Crippen LogP) is 0.845. The minimum absolute atomic E-state index is 0.287. The van der Waals surface area contributed by atoms with Gasteiger partial charge in [-0.3, -0.25) is 14.7 Å². The van der Waals surface area contributed by atoms with Crippen LogP contribution in [0.3, 0.4) is 0 Å². The van der Waals surface area contributed by atoms with E-state index in [0.717, 1.165) is 11.5 Å². The molecule has 1 aliphatic rings. The zero-order valence-corrected chi connectivity index (χ0v) is 14.0. The molecule has 1 amide bonds. The number of nitrogens with one attached hydrogen (secondary N) is 1. The highest BCUT2D eigenvalue weighted by Crippen LogP contribution is 2.16. The lowest BCUT2D eigenvalue weighted by molar-refractivity contribution is -0.172. The quantitative estimate of drug-likeness (QED) is 0.629. The number of hydrogen-bond donors (Lipinski definition) is 2. The number of piperidine rings is 1. The van der Waals surface area contributed by atoms with Gasteiger partial charge < -0.3 is 10.1 Å². The largest absolute Gasteiger partial charge is 0.456 e. The number of aryl methyl sites for hydroxylation is 1. The lowest BCUT2D eigenvalue weighted by Crippen LogP contribution is -2.49. The molecule has 8 heteroatoms. The summed E-state index contributed by atoms with van der Waals surface area (Å²) in [6.07, 6.45) is 2.84. The number of nitrogens with zero attached hydrogens (tertiary/aromatic N) is 3. The Labute approximate surface area is 135 Å². The van der Waals surface area contributed by atoms with Gasteiger partial charge in [0.1, 0.15) is 11.2 Å². The monoisotopic (exact) mass is 324 g/mol. The minimum atomic E-state index is -0.589. The number of ether oxygens (including phenoxy) is 1. The van der Waals surface area contributed by atoms with Gasteiger partial charge in [0.25, 0.3) is 5.91 Å². The van der Waals surface area contributed by atoms with Gasteiger partial charge in [-0.25, -0.2) is 9.86 Å². The molecule has 0 aliphatic carbocycles. The van der Waals surface area contributed by atoms with Gasteiger partial charge in [-0.1, -0.05) is 0 Å². The Balaban J connectivity index is 2.07. The van der Waals surface area contributed by atoms with Gasteiger partial charge in [-0.15, -0.1) is 0 Å². The Kier molecular flexibility index (Phi) is 5.06. The summed E-state index contributed by atoms with van der Waals surface area (Å²) in [5, 5.41) is 17.4. The van der Waals surface area contributed by atoms with Crippen molar-refractivity contribution in [2.75, 3.05) is 6.54 Å². The van der Waals surface area contributed by atoms with Crippen LogP contribution >= 0.6 is 0 Å².